The highest BCUT2D eigenvalue weighted by atomic mass is 16.5. The van der Waals surface area contributed by atoms with Crippen LogP contribution in [-0.2, 0) is 4.79 Å². The minimum atomic E-state index is -0.208. The topological polar surface area (TPSA) is 83.1 Å². The first-order chi connectivity index (χ1) is 16.9. The lowest BCUT2D eigenvalue weighted by atomic mass is 10.2. The van der Waals surface area contributed by atoms with E-state index in [1.54, 1.807) is 18.2 Å². The van der Waals surface area contributed by atoms with Gasteiger partial charge in [-0.05, 0) is 69.6 Å². The number of nitrogens with zero attached hydrogens (tertiary/aromatic N) is 2. The Morgan fingerprint density at radius 3 is 2.49 bits per heavy atom. The number of piperazine rings is 1. The number of hydrogen-bond acceptors (Lipinski definition) is 6. The highest BCUT2D eigenvalue weighted by Crippen LogP contribution is 2.28. The minimum absolute atomic E-state index is 0.0438. The van der Waals surface area contributed by atoms with Crippen LogP contribution in [0.15, 0.2) is 42.5 Å². The Hall–Kier alpha value is -3.26. The molecule has 1 saturated heterocycles. The van der Waals surface area contributed by atoms with Crippen molar-refractivity contribution < 1.29 is 19.1 Å². The van der Waals surface area contributed by atoms with Gasteiger partial charge in [0.25, 0.3) is 11.8 Å². The van der Waals surface area contributed by atoms with Crippen LogP contribution in [0.4, 0.5) is 5.69 Å². The van der Waals surface area contributed by atoms with Crippen LogP contribution in [0, 0.1) is 6.92 Å². The van der Waals surface area contributed by atoms with Crippen molar-refractivity contribution in [3.05, 3.63) is 53.6 Å². The molecule has 35 heavy (non-hydrogen) atoms. The quantitative estimate of drug-likeness (QED) is 0.480. The Morgan fingerprint density at radius 1 is 1.03 bits per heavy atom. The molecule has 2 aromatic carbocycles. The molecule has 1 aliphatic rings. The molecule has 2 aromatic rings. The summed E-state index contributed by atoms with van der Waals surface area (Å²) in [6, 6.07) is 13.7. The molecular formula is C27H38N4O4. The van der Waals surface area contributed by atoms with Gasteiger partial charge in [0.05, 0.1) is 7.11 Å². The SMILES string of the molecule is COc1cc(C(=O)NCCCN2CCN(c3cccc(C)c3)CC2)ccc1OCC(=O)NC(C)C. The molecule has 0 aromatic heterocycles. The second kappa shape index (κ2) is 13.0. The third-order valence-corrected chi connectivity index (χ3v) is 5.91. The normalized spacial score (nSPS) is 14.0. The molecule has 2 amide bonds. The van der Waals surface area contributed by atoms with Crippen LogP contribution < -0.4 is 25.0 Å². The van der Waals surface area contributed by atoms with Crippen molar-refractivity contribution in [1.82, 2.24) is 15.5 Å². The smallest absolute Gasteiger partial charge is 0.258 e. The predicted octanol–water partition coefficient (Wildman–Crippen LogP) is 2.85. The third kappa shape index (κ3) is 8.17. The van der Waals surface area contributed by atoms with E-state index in [1.165, 1.54) is 18.4 Å². The maximum Gasteiger partial charge on any atom is 0.258 e. The summed E-state index contributed by atoms with van der Waals surface area (Å²) >= 11 is 0. The lowest BCUT2D eigenvalue weighted by Crippen LogP contribution is -2.47. The Kier molecular flexibility index (Phi) is 9.78. The monoisotopic (exact) mass is 482 g/mol. The molecule has 0 saturated carbocycles. The molecule has 0 unspecified atom stereocenters. The average Bonchev–Trinajstić information content (AvgIpc) is 2.85. The predicted molar refractivity (Wildman–Crippen MR) is 139 cm³/mol. The summed E-state index contributed by atoms with van der Waals surface area (Å²) in [5.41, 5.74) is 3.07. The lowest BCUT2D eigenvalue weighted by Gasteiger charge is -2.36. The summed E-state index contributed by atoms with van der Waals surface area (Å²) in [5.74, 6) is 0.478. The van der Waals surface area contributed by atoms with Gasteiger partial charge < -0.3 is 25.0 Å². The highest BCUT2D eigenvalue weighted by Gasteiger charge is 2.17. The molecule has 8 heteroatoms. The van der Waals surface area contributed by atoms with Crippen LogP contribution in [0.25, 0.3) is 0 Å². The molecule has 8 nitrogen and oxygen atoms in total. The first kappa shape index (κ1) is 26.3. The number of carbonyl (C=O) groups excluding carboxylic acids is 2. The number of nitrogens with one attached hydrogen (secondary N) is 2. The van der Waals surface area contributed by atoms with Crippen molar-refractivity contribution in [1.29, 1.82) is 0 Å². The molecule has 190 valence electrons. The molecule has 1 aliphatic heterocycles. The van der Waals surface area contributed by atoms with Gasteiger partial charge in [0.15, 0.2) is 18.1 Å². The molecule has 1 fully saturated rings. The molecule has 0 aliphatic carbocycles. The lowest BCUT2D eigenvalue weighted by molar-refractivity contribution is -0.123. The summed E-state index contributed by atoms with van der Waals surface area (Å²) in [4.78, 5) is 29.3. The average molecular weight is 483 g/mol. The Bertz CT molecular complexity index is 987. The number of aryl methyl sites for hydroxylation is 1. The molecule has 0 atom stereocenters. The number of anilines is 1. The van der Waals surface area contributed by atoms with Crippen LogP contribution >= 0.6 is 0 Å². The second-order valence-electron chi connectivity index (χ2n) is 9.15. The fourth-order valence-corrected chi connectivity index (χ4v) is 4.10. The summed E-state index contributed by atoms with van der Waals surface area (Å²) in [7, 11) is 1.51. The van der Waals surface area contributed by atoms with Gasteiger partial charge >= 0.3 is 0 Å². The van der Waals surface area contributed by atoms with Crippen LogP contribution in [0.3, 0.4) is 0 Å². The number of methoxy groups -OCH3 is 1. The standard InChI is InChI=1S/C27H38N4O4/c1-20(2)29-26(32)19-35-24-10-9-22(18-25(24)34-4)27(33)28-11-6-12-30-13-15-31(16-14-30)23-8-5-7-21(3)17-23/h5,7-10,17-18,20H,6,11-16,19H2,1-4H3,(H,28,33)(H,29,32). The fraction of sp³-hybridized carbons (Fsp3) is 0.481. The van der Waals surface area contributed by atoms with Gasteiger partial charge in [0.2, 0.25) is 0 Å². The molecule has 0 radical (unpaired) electrons. The second-order valence-corrected chi connectivity index (χ2v) is 9.15. The van der Waals surface area contributed by atoms with E-state index in [0.717, 1.165) is 39.1 Å². The Morgan fingerprint density at radius 2 is 1.80 bits per heavy atom. The molecular weight excluding hydrogens is 444 g/mol. The van der Waals surface area contributed by atoms with Crippen molar-refractivity contribution >= 4 is 17.5 Å². The number of amides is 2. The number of ether oxygens (including phenoxy) is 2. The van der Waals surface area contributed by atoms with E-state index < -0.39 is 0 Å². The molecule has 3 rings (SSSR count). The van der Waals surface area contributed by atoms with Crippen LogP contribution in [0.1, 0.15) is 36.2 Å². The van der Waals surface area contributed by atoms with Crippen molar-refractivity contribution in [2.75, 3.05) is 57.9 Å². The van der Waals surface area contributed by atoms with Crippen LogP contribution in [-0.4, -0.2) is 75.7 Å². The van der Waals surface area contributed by atoms with Gasteiger partial charge in [-0.2, -0.15) is 0 Å². The van der Waals surface area contributed by atoms with Gasteiger partial charge in [-0.25, -0.2) is 0 Å². The van der Waals surface area contributed by atoms with Crippen LogP contribution in [0.5, 0.6) is 11.5 Å². The van der Waals surface area contributed by atoms with Crippen molar-refractivity contribution in [3.63, 3.8) is 0 Å². The largest absolute Gasteiger partial charge is 0.493 e. The van der Waals surface area contributed by atoms with E-state index >= 15 is 0 Å². The van der Waals surface area contributed by atoms with Gasteiger partial charge in [-0.3, -0.25) is 14.5 Å². The summed E-state index contributed by atoms with van der Waals surface area (Å²) in [6.07, 6.45) is 0.888. The van der Waals surface area contributed by atoms with E-state index in [-0.39, 0.29) is 24.5 Å². The Labute approximate surface area is 208 Å². The van der Waals surface area contributed by atoms with Gasteiger partial charge in [0.1, 0.15) is 0 Å². The molecule has 2 N–H and O–H groups in total. The van der Waals surface area contributed by atoms with E-state index in [0.29, 0.717) is 23.6 Å². The maximum absolute atomic E-state index is 12.6. The van der Waals surface area contributed by atoms with E-state index in [4.69, 9.17) is 9.47 Å². The first-order valence-electron chi connectivity index (χ1n) is 12.3. The number of rotatable bonds is 11. The van der Waals surface area contributed by atoms with Gasteiger partial charge in [-0.15, -0.1) is 0 Å². The van der Waals surface area contributed by atoms with Crippen LogP contribution in [0.2, 0.25) is 0 Å². The number of carbonyl (C=O) groups is 2. The van der Waals surface area contributed by atoms with Crippen molar-refractivity contribution in [2.45, 2.75) is 33.2 Å². The zero-order valence-electron chi connectivity index (χ0n) is 21.3. The zero-order chi connectivity index (χ0) is 25.2. The fourth-order valence-electron chi connectivity index (χ4n) is 4.10. The number of benzene rings is 2. The summed E-state index contributed by atoms with van der Waals surface area (Å²) < 4.78 is 10.9. The van der Waals surface area contributed by atoms with E-state index in [9.17, 15) is 9.59 Å². The summed E-state index contributed by atoms with van der Waals surface area (Å²) in [6.45, 7) is 11.4. The van der Waals surface area contributed by atoms with Crippen molar-refractivity contribution in [2.24, 2.45) is 0 Å². The maximum atomic E-state index is 12.6. The highest BCUT2D eigenvalue weighted by molar-refractivity contribution is 5.94. The van der Waals surface area contributed by atoms with Gasteiger partial charge in [0, 0.05) is 50.0 Å². The van der Waals surface area contributed by atoms with E-state index in [1.807, 2.05) is 13.8 Å². The molecule has 0 bridgehead atoms. The third-order valence-electron chi connectivity index (χ3n) is 5.91. The molecule has 0 spiro atoms. The minimum Gasteiger partial charge on any atom is -0.493 e. The number of hydrogen-bond donors (Lipinski definition) is 2. The first-order valence-corrected chi connectivity index (χ1v) is 12.3. The van der Waals surface area contributed by atoms with Crippen molar-refractivity contribution in [3.8, 4) is 11.5 Å². The zero-order valence-corrected chi connectivity index (χ0v) is 21.3. The van der Waals surface area contributed by atoms with E-state index in [2.05, 4.69) is 51.6 Å². The summed E-state index contributed by atoms with van der Waals surface area (Å²) in [5, 5.41) is 5.75. The molecule has 1 heterocycles. The van der Waals surface area contributed by atoms with Gasteiger partial charge in [-0.1, -0.05) is 12.1 Å². The Balaban J connectivity index is 1.39.